The van der Waals surface area contributed by atoms with E-state index in [2.05, 4.69) is 36.6 Å². The minimum Gasteiger partial charge on any atom is -0.352 e. The van der Waals surface area contributed by atoms with E-state index < -0.39 is 0 Å². The number of amides is 1. The molecule has 0 fully saturated rings. The van der Waals surface area contributed by atoms with Gasteiger partial charge in [-0.25, -0.2) is 0 Å². The molecule has 86 valence electrons. The lowest BCUT2D eigenvalue weighted by Gasteiger charge is -2.16. The van der Waals surface area contributed by atoms with Crippen molar-refractivity contribution < 1.29 is 4.79 Å². The molecular formula is C12H22N2O. The highest BCUT2D eigenvalue weighted by Crippen LogP contribution is 2.08. The summed E-state index contributed by atoms with van der Waals surface area (Å²) in [7, 11) is 0. The molecule has 0 bridgehead atoms. The molecule has 1 amide bonds. The van der Waals surface area contributed by atoms with Crippen molar-refractivity contribution in [1.82, 2.24) is 10.6 Å². The summed E-state index contributed by atoms with van der Waals surface area (Å²) in [6.45, 7) is 4.65. The summed E-state index contributed by atoms with van der Waals surface area (Å²) in [5.74, 6) is 0.121. The van der Waals surface area contributed by atoms with Crippen molar-refractivity contribution in [2.75, 3.05) is 6.54 Å². The summed E-state index contributed by atoms with van der Waals surface area (Å²) in [6.07, 6.45) is 8.45. The Bertz CT molecular complexity index is 214. The molecule has 2 N–H and O–H groups in total. The largest absolute Gasteiger partial charge is 0.352 e. The highest BCUT2D eigenvalue weighted by Gasteiger charge is 2.12. The minimum absolute atomic E-state index is 0.121. The highest BCUT2D eigenvalue weighted by atomic mass is 16.1. The van der Waals surface area contributed by atoms with Crippen LogP contribution in [0.15, 0.2) is 12.2 Å². The Kier molecular flexibility index (Phi) is 5.40. The minimum atomic E-state index is 0.121. The van der Waals surface area contributed by atoms with E-state index in [1.165, 1.54) is 0 Å². The first kappa shape index (κ1) is 12.2. The molecule has 0 aromatic carbocycles. The Morgan fingerprint density at radius 2 is 1.93 bits per heavy atom. The maximum Gasteiger partial charge on any atom is 0.234 e. The monoisotopic (exact) mass is 210 g/mol. The first-order valence-electron chi connectivity index (χ1n) is 5.94. The summed E-state index contributed by atoms with van der Waals surface area (Å²) < 4.78 is 0. The smallest absolute Gasteiger partial charge is 0.234 e. The Labute approximate surface area is 92.3 Å². The zero-order valence-corrected chi connectivity index (χ0v) is 9.75. The SMILES string of the molecule is CCC(CC)NC(=O)CNC1CC=CC1. The number of hydrogen-bond acceptors (Lipinski definition) is 2. The fourth-order valence-electron chi connectivity index (χ4n) is 1.79. The van der Waals surface area contributed by atoms with Crippen LogP contribution in [0.4, 0.5) is 0 Å². The molecule has 15 heavy (non-hydrogen) atoms. The second-order valence-corrected chi connectivity index (χ2v) is 4.10. The fraction of sp³-hybridized carbons (Fsp3) is 0.750. The highest BCUT2D eigenvalue weighted by molar-refractivity contribution is 5.78. The van der Waals surface area contributed by atoms with E-state index in [0.717, 1.165) is 25.7 Å². The molecule has 0 heterocycles. The quantitative estimate of drug-likeness (QED) is 0.654. The second-order valence-electron chi connectivity index (χ2n) is 4.10. The van der Waals surface area contributed by atoms with Crippen molar-refractivity contribution in [1.29, 1.82) is 0 Å². The van der Waals surface area contributed by atoms with Gasteiger partial charge in [0.15, 0.2) is 0 Å². The number of nitrogens with one attached hydrogen (secondary N) is 2. The first-order valence-corrected chi connectivity index (χ1v) is 5.94. The standard InChI is InChI=1S/C12H22N2O/c1-3-10(4-2)14-12(15)9-13-11-7-5-6-8-11/h5-6,10-11,13H,3-4,7-9H2,1-2H3,(H,14,15). The lowest BCUT2D eigenvalue weighted by Crippen LogP contribution is -2.42. The van der Waals surface area contributed by atoms with Gasteiger partial charge in [0.1, 0.15) is 0 Å². The van der Waals surface area contributed by atoms with Crippen molar-refractivity contribution in [2.24, 2.45) is 0 Å². The normalized spacial score (nSPS) is 16.2. The number of carbonyl (C=O) groups is 1. The molecule has 3 nitrogen and oxygen atoms in total. The number of carbonyl (C=O) groups excluding carboxylic acids is 1. The van der Waals surface area contributed by atoms with Crippen molar-refractivity contribution in [3.63, 3.8) is 0 Å². The van der Waals surface area contributed by atoms with Crippen LogP contribution in [0.3, 0.4) is 0 Å². The molecule has 1 rings (SSSR count). The van der Waals surface area contributed by atoms with Crippen LogP contribution in [0.2, 0.25) is 0 Å². The Balaban J connectivity index is 2.12. The van der Waals surface area contributed by atoms with Gasteiger partial charge in [-0.2, -0.15) is 0 Å². The molecule has 0 saturated heterocycles. The van der Waals surface area contributed by atoms with Crippen LogP contribution in [0.25, 0.3) is 0 Å². The fourth-order valence-corrected chi connectivity index (χ4v) is 1.79. The Hall–Kier alpha value is -0.830. The zero-order valence-electron chi connectivity index (χ0n) is 9.75. The maximum absolute atomic E-state index is 11.5. The third kappa shape index (κ3) is 4.47. The third-order valence-corrected chi connectivity index (χ3v) is 2.91. The molecule has 0 aliphatic heterocycles. The molecule has 0 atom stereocenters. The average Bonchev–Trinajstić information content (AvgIpc) is 2.75. The molecule has 0 unspecified atom stereocenters. The van der Waals surface area contributed by atoms with Crippen LogP contribution in [0.1, 0.15) is 39.5 Å². The predicted octanol–water partition coefficient (Wildman–Crippen LogP) is 1.60. The molecule has 3 heteroatoms. The molecule has 0 aromatic heterocycles. The van der Waals surface area contributed by atoms with Crippen LogP contribution in [-0.4, -0.2) is 24.5 Å². The molecule has 0 radical (unpaired) electrons. The van der Waals surface area contributed by atoms with Gasteiger partial charge in [-0.3, -0.25) is 4.79 Å². The second kappa shape index (κ2) is 6.62. The van der Waals surface area contributed by atoms with Crippen LogP contribution in [0.5, 0.6) is 0 Å². The van der Waals surface area contributed by atoms with Crippen molar-refractivity contribution in [3.8, 4) is 0 Å². The first-order chi connectivity index (χ1) is 7.26. The molecule has 0 saturated carbocycles. The molecule has 0 aromatic rings. The summed E-state index contributed by atoms with van der Waals surface area (Å²) in [4.78, 5) is 11.5. The van der Waals surface area contributed by atoms with Gasteiger partial charge < -0.3 is 10.6 Å². The van der Waals surface area contributed by atoms with E-state index in [1.807, 2.05) is 0 Å². The zero-order chi connectivity index (χ0) is 11.1. The van der Waals surface area contributed by atoms with Crippen LogP contribution < -0.4 is 10.6 Å². The van der Waals surface area contributed by atoms with Crippen molar-refractivity contribution in [2.45, 2.75) is 51.6 Å². The molecule has 0 spiro atoms. The van der Waals surface area contributed by atoms with Gasteiger partial charge in [-0.15, -0.1) is 0 Å². The summed E-state index contributed by atoms with van der Waals surface area (Å²) in [5.41, 5.74) is 0. The van der Waals surface area contributed by atoms with E-state index >= 15 is 0 Å². The van der Waals surface area contributed by atoms with Gasteiger partial charge in [-0.1, -0.05) is 26.0 Å². The Morgan fingerprint density at radius 3 is 2.47 bits per heavy atom. The van der Waals surface area contributed by atoms with Crippen molar-refractivity contribution in [3.05, 3.63) is 12.2 Å². The Morgan fingerprint density at radius 1 is 1.33 bits per heavy atom. The maximum atomic E-state index is 11.5. The van der Waals surface area contributed by atoms with E-state index in [0.29, 0.717) is 18.6 Å². The van der Waals surface area contributed by atoms with Gasteiger partial charge >= 0.3 is 0 Å². The molecular weight excluding hydrogens is 188 g/mol. The molecule has 1 aliphatic carbocycles. The topological polar surface area (TPSA) is 41.1 Å². The van der Waals surface area contributed by atoms with Gasteiger partial charge in [0.2, 0.25) is 5.91 Å². The van der Waals surface area contributed by atoms with Gasteiger partial charge in [0, 0.05) is 12.1 Å². The van der Waals surface area contributed by atoms with Gasteiger partial charge in [0.25, 0.3) is 0 Å². The van der Waals surface area contributed by atoms with Crippen molar-refractivity contribution >= 4 is 5.91 Å². The van der Waals surface area contributed by atoms with E-state index in [4.69, 9.17) is 0 Å². The third-order valence-electron chi connectivity index (χ3n) is 2.91. The van der Waals surface area contributed by atoms with Gasteiger partial charge in [0.05, 0.1) is 6.54 Å². The van der Waals surface area contributed by atoms with Crippen LogP contribution in [-0.2, 0) is 4.79 Å². The van der Waals surface area contributed by atoms with Gasteiger partial charge in [-0.05, 0) is 25.7 Å². The predicted molar refractivity (Wildman–Crippen MR) is 62.7 cm³/mol. The van der Waals surface area contributed by atoms with E-state index in [9.17, 15) is 4.79 Å². The molecule has 1 aliphatic rings. The van der Waals surface area contributed by atoms with Crippen LogP contribution in [0, 0.1) is 0 Å². The average molecular weight is 210 g/mol. The number of rotatable bonds is 6. The lowest BCUT2D eigenvalue weighted by molar-refractivity contribution is -0.121. The summed E-state index contributed by atoms with van der Waals surface area (Å²) in [6, 6.07) is 0.804. The lowest BCUT2D eigenvalue weighted by atomic mass is 10.2. The summed E-state index contributed by atoms with van der Waals surface area (Å²) >= 11 is 0. The number of hydrogen-bond donors (Lipinski definition) is 2. The van der Waals surface area contributed by atoms with E-state index in [-0.39, 0.29) is 5.91 Å². The van der Waals surface area contributed by atoms with E-state index in [1.54, 1.807) is 0 Å². The van der Waals surface area contributed by atoms with Crippen LogP contribution >= 0.6 is 0 Å². The summed E-state index contributed by atoms with van der Waals surface area (Å²) in [5, 5.41) is 6.28.